The number of thiazole rings is 1. The lowest BCUT2D eigenvalue weighted by molar-refractivity contribution is -0.150. The maximum Gasteiger partial charge on any atom is 0.291 e. The van der Waals surface area contributed by atoms with Crippen LogP contribution in [0, 0.1) is 10.8 Å². The molecule has 2 amide bonds. The molecule has 2 aliphatic heterocycles. The van der Waals surface area contributed by atoms with Crippen LogP contribution in [0.5, 0.6) is 0 Å². The topological polar surface area (TPSA) is 87.7 Å². The van der Waals surface area contributed by atoms with Crippen molar-refractivity contribution in [1.82, 2.24) is 14.8 Å². The number of carbonyl (C=O) groups is 4. The number of ketones is 2. The molecular formula is C25H37N3O4S. The maximum absolute atomic E-state index is 13.0. The Hall–Kier alpha value is -2.09. The van der Waals surface area contributed by atoms with Crippen molar-refractivity contribution in [2.24, 2.45) is 10.8 Å². The number of carbonyl (C=O) groups excluding carboxylic acids is 4. The normalized spacial score (nSPS) is 21.5. The molecule has 8 heteroatoms. The number of aromatic nitrogens is 1. The lowest BCUT2D eigenvalue weighted by Gasteiger charge is -2.28. The summed E-state index contributed by atoms with van der Waals surface area (Å²) < 4.78 is 0. The van der Waals surface area contributed by atoms with Gasteiger partial charge < -0.3 is 9.80 Å². The van der Waals surface area contributed by atoms with Crippen molar-refractivity contribution in [2.75, 3.05) is 13.1 Å². The second-order valence-electron chi connectivity index (χ2n) is 10.6. The van der Waals surface area contributed by atoms with Gasteiger partial charge in [0, 0.05) is 29.3 Å². The number of amides is 2. The van der Waals surface area contributed by atoms with Crippen molar-refractivity contribution >= 4 is 34.7 Å². The fourth-order valence-corrected chi connectivity index (χ4v) is 5.36. The van der Waals surface area contributed by atoms with E-state index in [2.05, 4.69) is 0 Å². The molecule has 1 aromatic rings. The first-order valence-corrected chi connectivity index (χ1v) is 13.0. The van der Waals surface area contributed by atoms with Crippen LogP contribution in [-0.2, 0) is 19.2 Å². The van der Waals surface area contributed by atoms with E-state index in [1.165, 1.54) is 11.3 Å². The first kappa shape index (κ1) is 25.5. The molecule has 0 radical (unpaired) electrons. The Morgan fingerprint density at radius 3 is 1.82 bits per heavy atom. The van der Waals surface area contributed by atoms with Gasteiger partial charge in [-0.05, 0) is 38.5 Å². The molecule has 33 heavy (non-hydrogen) atoms. The van der Waals surface area contributed by atoms with Gasteiger partial charge in [0.2, 0.25) is 11.6 Å². The van der Waals surface area contributed by atoms with Crippen molar-refractivity contribution in [3.05, 3.63) is 16.1 Å². The summed E-state index contributed by atoms with van der Waals surface area (Å²) in [6, 6.07) is -0.426. The highest BCUT2D eigenvalue weighted by atomic mass is 32.1. The molecule has 0 spiro atoms. The fourth-order valence-electron chi connectivity index (χ4n) is 4.35. The molecule has 2 fully saturated rings. The molecule has 3 rings (SSSR count). The van der Waals surface area contributed by atoms with E-state index >= 15 is 0 Å². The summed E-state index contributed by atoms with van der Waals surface area (Å²) in [4.78, 5) is 59.7. The predicted molar refractivity (Wildman–Crippen MR) is 128 cm³/mol. The molecule has 0 unspecified atom stereocenters. The van der Waals surface area contributed by atoms with Crippen LogP contribution in [0.1, 0.15) is 103 Å². The largest absolute Gasteiger partial charge is 0.327 e. The van der Waals surface area contributed by atoms with E-state index in [-0.39, 0.29) is 23.7 Å². The number of rotatable bonds is 8. The molecule has 0 saturated carbocycles. The Bertz CT molecular complexity index is 863. The monoisotopic (exact) mass is 475 g/mol. The molecule has 1 aromatic heterocycles. The lowest BCUT2D eigenvalue weighted by atomic mass is 9.84. The van der Waals surface area contributed by atoms with E-state index in [1.54, 1.807) is 9.80 Å². The Balaban J connectivity index is 1.78. The van der Waals surface area contributed by atoms with Crippen LogP contribution in [0.3, 0.4) is 0 Å². The standard InChI is InChI=1S/C25H37N3O4S/c1-7-24(3,4)19(29)22(31)27-13-9-11-17(27)16-15-33-21(26-16)18-12-10-14-28(18)23(32)20(30)25(5,6)8-2/h15,17-18H,7-14H2,1-6H3/t17-,18-/m0/s1. The van der Waals surface area contributed by atoms with Gasteiger partial charge in [0.15, 0.2) is 0 Å². The van der Waals surface area contributed by atoms with Gasteiger partial charge in [-0.1, -0.05) is 41.5 Å². The van der Waals surface area contributed by atoms with Gasteiger partial charge in [0.05, 0.1) is 17.8 Å². The summed E-state index contributed by atoms with van der Waals surface area (Å²) >= 11 is 1.47. The second-order valence-corrected chi connectivity index (χ2v) is 11.4. The van der Waals surface area contributed by atoms with Crippen LogP contribution in [0.15, 0.2) is 5.38 Å². The highest BCUT2D eigenvalue weighted by Crippen LogP contribution is 2.39. The molecule has 2 saturated heterocycles. The third kappa shape index (κ3) is 4.91. The molecule has 182 valence electrons. The van der Waals surface area contributed by atoms with E-state index < -0.39 is 22.6 Å². The molecular weight excluding hydrogens is 438 g/mol. The summed E-state index contributed by atoms with van der Waals surface area (Å²) in [6.45, 7) is 12.2. The number of likely N-dealkylation sites (tertiary alicyclic amines) is 2. The smallest absolute Gasteiger partial charge is 0.291 e. The molecule has 2 atom stereocenters. The molecule has 7 nitrogen and oxygen atoms in total. The number of Topliss-reactive ketones (excluding diaryl/α,β-unsaturated/α-hetero) is 2. The Labute approximate surface area is 200 Å². The highest BCUT2D eigenvalue weighted by Gasteiger charge is 2.42. The van der Waals surface area contributed by atoms with E-state index in [1.807, 2.05) is 46.9 Å². The van der Waals surface area contributed by atoms with E-state index in [0.717, 1.165) is 36.4 Å². The minimum absolute atomic E-state index is 0.209. The molecule has 0 N–H and O–H groups in total. The summed E-state index contributed by atoms with van der Waals surface area (Å²) in [5.74, 6) is -1.55. The van der Waals surface area contributed by atoms with Crippen LogP contribution in [0.25, 0.3) is 0 Å². The van der Waals surface area contributed by atoms with Crippen molar-refractivity contribution < 1.29 is 19.2 Å². The highest BCUT2D eigenvalue weighted by molar-refractivity contribution is 7.09. The molecule has 0 aliphatic carbocycles. The first-order valence-electron chi connectivity index (χ1n) is 12.1. The summed E-state index contributed by atoms with van der Waals surface area (Å²) in [5.41, 5.74) is -0.578. The van der Waals surface area contributed by atoms with Crippen LogP contribution >= 0.6 is 11.3 Å². The molecule has 2 aliphatic rings. The average Bonchev–Trinajstić information content (AvgIpc) is 3.55. The van der Waals surface area contributed by atoms with Crippen LogP contribution in [0.4, 0.5) is 0 Å². The van der Waals surface area contributed by atoms with Crippen LogP contribution < -0.4 is 0 Å². The zero-order valence-corrected chi connectivity index (χ0v) is 21.6. The minimum Gasteiger partial charge on any atom is -0.327 e. The van der Waals surface area contributed by atoms with Gasteiger partial charge >= 0.3 is 0 Å². The third-order valence-electron chi connectivity index (χ3n) is 7.58. The van der Waals surface area contributed by atoms with Crippen LogP contribution in [-0.4, -0.2) is 51.3 Å². The summed E-state index contributed by atoms with van der Waals surface area (Å²) in [5, 5.41) is 2.75. The Kier molecular flexibility index (Phi) is 7.46. The predicted octanol–water partition coefficient (Wildman–Crippen LogP) is 4.48. The van der Waals surface area contributed by atoms with Crippen molar-refractivity contribution in [1.29, 1.82) is 0 Å². The van der Waals surface area contributed by atoms with Crippen molar-refractivity contribution in [3.8, 4) is 0 Å². The second kappa shape index (κ2) is 9.65. The maximum atomic E-state index is 13.0. The first-order chi connectivity index (χ1) is 15.4. The van der Waals surface area contributed by atoms with Gasteiger partial charge in [-0.15, -0.1) is 11.3 Å². The summed E-state index contributed by atoms with van der Waals surface area (Å²) in [7, 11) is 0. The van der Waals surface area contributed by atoms with E-state index in [4.69, 9.17) is 4.98 Å². The quantitative estimate of drug-likeness (QED) is 0.517. The zero-order chi connectivity index (χ0) is 24.6. The summed E-state index contributed by atoms with van der Waals surface area (Å²) in [6.07, 6.45) is 4.42. The van der Waals surface area contributed by atoms with E-state index in [9.17, 15) is 19.2 Å². The molecule has 0 aromatic carbocycles. The zero-order valence-electron chi connectivity index (χ0n) is 20.8. The van der Waals surface area contributed by atoms with Gasteiger partial charge in [-0.2, -0.15) is 0 Å². The number of nitrogens with zero attached hydrogens (tertiary/aromatic N) is 3. The SMILES string of the molecule is CCC(C)(C)C(=O)C(=O)N1CCC[C@H]1c1csc([C@@H]2CCCN2C(=O)C(=O)C(C)(C)CC)n1. The molecule has 0 bridgehead atoms. The minimum atomic E-state index is -0.680. The molecule has 3 heterocycles. The van der Waals surface area contributed by atoms with Crippen molar-refractivity contribution in [3.63, 3.8) is 0 Å². The number of hydrogen-bond donors (Lipinski definition) is 0. The van der Waals surface area contributed by atoms with Crippen LogP contribution in [0.2, 0.25) is 0 Å². The fraction of sp³-hybridized carbons (Fsp3) is 0.720. The Morgan fingerprint density at radius 1 is 0.879 bits per heavy atom. The van der Waals surface area contributed by atoms with Crippen molar-refractivity contribution in [2.45, 2.75) is 92.2 Å². The van der Waals surface area contributed by atoms with Gasteiger partial charge in [0.25, 0.3) is 11.8 Å². The van der Waals surface area contributed by atoms with Gasteiger partial charge in [-0.3, -0.25) is 19.2 Å². The number of hydrogen-bond acceptors (Lipinski definition) is 6. The van der Waals surface area contributed by atoms with Gasteiger partial charge in [0.1, 0.15) is 5.01 Å². The van der Waals surface area contributed by atoms with E-state index in [0.29, 0.717) is 25.9 Å². The Morgan fingerprint density at radius 2 is 1.33 bits per heavy atom. The average molecular weight is 476 g/mol. The third-order valence-corrected chi connectivity index (χ3v) is 8.54. The lowest BCUT2D eigenvalue weighted by Crippen LogP contribution is -2.42. The van der Waals surface area contributed by atoms with Gasteiger partial charge in [-0.25, -0.2) is 4.98 Å².